The van der Waals surface area contributed by atoms with Gasteiger partial charge in [-0.15, -0.1) is 11.3 Å². The van der Waals surface area contributed by atoms with Gasteiger partial charge in [0, 0.05) is 22.2 Å². The zero-order chi connectivity index (χ0) is 18.3. The van der Waals surface area contributed by atoms with Crippen LogP contribution in [0.2, 0.25) is 0 Å². The number of fused-ring (bicyclic) bond motifs is 2. The highest BCUT2D eigenvalue weighted by molar-refractivity contribution is 7.20. The van der Waals surface area contributed by atoms with Gasteiger partial charge in [-0.25, -0.2) is 0 Å². The van der Waals surface area contributed by atoms with E-state index < -0.39 is 4.92 Å². The summed E-state index contributed by atoms with van der Waals surface area (Å²) in [5, 5.41) is 14.5. The molecule has 0 aliphatic carbocycles. The third kappa shape index (κ3) is 2.95. The molecule has 1 atom stereocenters. The van der Waals surface area contributed by atoms with Crippen LogP contribution >= 0.6 is 11.3 Å². The SMILES string of the molecule is C[C@@H](NC(=O)c1cc2cc([N+](=O)[O-])ccc2s1)c1ccc2c(c1)OCO2. The van der Waals surface area contributed by atoms with Crippen LogP contribution < -0.4 is 14.8 Å². The average molecular weight is 370 g/mol. The highest BCUT2D eigenvalue weighted by Gasteiger charge is 2.19. The molecular weight excluding hydrogens is 356 g/mol. The number of nitrogens with one attached hydrogen (secondary N) is 1. The van der Waals surface area contributed by atoms with Crippen molar-refractivity contribution in [2.75, 3.05) is 6.79 Å². The third-order valence-electron chi connectivity index (χ3n) is 4.18. The summed E-state index contributed by atoms with van der Waals surface area (Å²) in [5.41, 5.74) is 0.912. The second-order valence-corrected chi connectivity index (χ2v) is 6.98. The van der Waals surface area contributed by atoms with Crippen LogP contribution in [-0.4, -0.2) is 17.6 Å². The third-order valence-corrected chi connectivity index (χ3v) is 5.29. The molecule has 0 unspecified atom stereocenters. The molecule has 1 amide bonds. The van der Waals surface area contributed by atoms with Crippen molar-refractivity contribution >= 4 is 33.0 Å². The fourth-order valence-corrected chi connectivity index (χ4v) is 3.74. The minimum Gasteiger partial charge on any atom is -0.454 e. The number of non-ortho nitro benzene ring substituents is 1. The van der Waals surface area contributed by atoms with Crippen LogP contribution in [0, 0.1) is 10.1 Å². The Morgan fingerprint density at radius 1 is 1.19 bits per heavy atom. The van der Waals surface area contributed by atoms with Crippen LogP contribution in [0.25, 0.3) is 10.1 Å². The number of hydrogen-bond donors (Lipinski definition) is 1. The average Bonchev–Trinajstić information content (AvgIpc) is 3.26. The lowest BCUT2D eigenvalue weighted by Crippen LogP contribution is -2.25. The quantitative estimate of drug-likeness (QED) is 0.553. The van der Waals surface area contributed by atoms with E-state index in [9.17, 15) is 14.9 Å². The van der Waals surface area contributed by atoms with Crippen molar-refractivity contribution in [1.29, 1.82) is 0 Å². The highest BCUT2D eigenvalue weighted by Crippen LogP contribution is 2.34. The molecule has 1 N–H and O–H groups in total. The minimum atomic E-state index is -0.446. The summed E-state index contributed by atoms with van der Waals surface area (Å²) in [4.78, 5) is 23.5. The number of rotatable bonds is 4. The van der Waals surface area contributed by atoms with E-state index in [1.165, 1.54) is 23.5 Å². The number of carbonyl (C=O) groups is 1. The summed E-state index contributed by atoms with van der Waals surface area (Å²) < 4.78 is 11.5. The van der Waals surface area contributed by atoms with Gasteiger partial charge in [0.05, 0.1) is 15.8 Å². The molecule has 1 aromatic heterocycles. The van der Waals surface area contributed by atoms with E-state index in [0.717, 1.165) is 10.3 Å². The number of nitrogens with zero attached hydrogens (tertiary/aromatic N) is 1. The monoisotopic (exact) mass is 370 g/mol. The van der Waals surface area contributed by atoms with E-state index in [1.807, 2.05) is 25.1 Å². The van der Waals surface area contributed by atoms with Gasteiger partial charge < -0.3 is 14.8 Å². The van der Waals surface area contributed by atoms with Gasteiger partial charge in [0.15, 0.2) is 11.5 Å². The van der Waals surface area contributed by atoms with Gasteiger partial charge in [0.25, 0.3) is 11.6 Å². The number of amides is 1. The van der Waals surface area contributed by atoms with Crippen molar-refractivity contribution < 1.29 is 19.2 Å². The van der Waals surface area contributed by atoms with E-state index in [1.54, 1.807) is 12.1 Å². The fraction of sp³-hybridized carbons (Fsp3) is 0.167. The lowest BCUT2D eigenvalue weighted by Gasteiger charge is -2.14. The van der Waals surface area contributed by atoms with Crippen molar-refractivity contribution in [1.82, 2.24) is 5.32 Å². The molecule has 0 saturated carbocycles. The molecule has 0 spiro atoms. The minimum absolute atomic E-state index is 0.0102. The maximum Gasteiger partial charge on any atom is 0.270 e. The zero-order valence-corrected chi connectivity index (χ0v) is 14.5. The van der Waals surface area contributed by atoms with Crippen LogP contribution in [0.15, 0.2) is 42.5 Å². The first kappa shape index (κ1) is 16.3. The molecular formula is C18H14N2O5S. The van der Waals surface area contributed by atoms with Crippen molar-refractivity contribution in [3.8, 4) is 11.5 Å². The van der Waals surface area contributed by atoms with E-state index in [4.69, 9.17) is 9.47 Å². The zero-order valence-electron chi connectivity index (χ0n) is 13.7. The predicted molar refractivity (Wildman–Crippen MR) is 96.9 cm³/mol. The van der Waals surface area contributed by atoms with Gasteiger partial charge >= 0.3 is 0 Å². The lowest BCUT2D eigenvalue weighted by atomic mass is 10.1. The molecule has 1 aliphatic rings. The summed E-state index contributed by atoms with van der Waals surface area (Å²) in [7, 11) is 0. The number of nitro groups is 1. The first-order chi connectivity index (χ1) is 12.5. The first-order valence-corrected chi connectivity index (χ1v) is 8.71. The standard InChI is InChI=1S/C18H14N2O5S/c1-10(11-2-4-14-15(7-11)25-9-24-14)19-18(21)17-8-12-6-13(20(22)23)3-5-16(12)26-17/h2-8,10H,9H2,1H3,(H,19,21)/t10-/m1/s1. The van der Waals surface area contributed by atoms with Gasteiger partial charge in [-0.2, -0.15) is 0 Å². The Kier molecular flexibility index (Phi) is 3.96. The van der Waals surface area contributed by atoms with Crippen LogP contribution in [0.4, 0.5) is 5.69 Å². The predicted octanol–water partition coefficient (Wildman–Crippen LogP) is 4.03. The fourth-order valence-electron chi connectivity index (χ4n) is 2.79. The Bertz CT molecular complexity index is 1030. The smallest absolute Gasteiger partial charge is 0.270 e. The Morgan fingerprint density at radius 2 is 2.00 bits per heavy atom. The number of nitro benzene ring substituents is 1. The van der Waals surface area contributed by atoms with Crippen LogP contribution in [0.3, 0.4) is 0 Å². The second-order valence-electron chi connectivity index (χ2n) is 5.90. The molecule has 0 bridgehead atoms. The number of benzene rings is 2. The molecule has 2 aromatic carbocycles. The van der Waals surface area contributed by atoms with E-state index in [-0.39, 0.29) is 24.4 Å². The molecule has 8 heteroatoms. The summed E-state index contributed by atoms with van der Waals surface area (Å²) in [6, 6.07) is 11.6. The topological polar surface area (TPSA) is 90.7 Å². The largest absolute Gasteiger partial charge is 0.454 e. The summed E-state index contributed by atoms with van der Waals surface area (Å²) >= 11 is 1.30. The molecule has 4 rings (SSSR count). The number of hydrogen-bond acceptors (Lipinski definition) is 6. The molecule has 0 radical (unpaired) electrons. The van der Waals surface area contributed by atoms with E-state index >= 15 is 0 Å². The van der Waals surface area contributed by atoms with Gasteiger partial charge in [-0.3, -0.25) is 14.9 Å². The normalized spacial score (nSPS) is 13.6. The van der Waals surface area contributed by atoms with Crippen molar-refractivity contribution in [2.45, 2.75) is 13.0 Å². The highest BCUT2D eigenvalue weighted by atomic mass is 32.1. The first-order valence-electron chi connectivity index (χ1n) is 7.89. The molecule has 3 aromatic rings. The van der Waals surface area contributed by atoms with Gasteiger partial charge in [-0.05, 0) is 36.8 Å². The van der Waals surface area contributed by atoms with Gasteiger partial charge in [-0.1, -0.05) is 6.07 Å². The Balaban J connectivity index is 1.54. The lowest BCUT2D eigenvalue weighted by molar-refractivity contribution is -0.384. The van der Waals surface area contributed by atoms with E-state index in [0.29, 0.717) is 21.8 Å². The van der Waals surface area contributed by atoms with Crippen LogP contribution in [0.5, 0.6) is 11.5 Å². The number of carbonyl (C=O) groups excluding carboxylic acids is 1. The number of thiophene rings is 1. The van der Waals surface area contributed by atoms with Crippen LogP contribution in [0.1, 0.15) is 28.2 Å². The van der Waals surface area contributed by atoms with E-state index in [2.05, 4.69) is 5.32 Å². The van der Waals surface area contributed by atoms with Crippen molar-refractivity contribution in [3.05, 3.63) is 63.0 Å². The van der Waals surface area contributed by atoms with Crippen molar-refractivity contribution in [2.24, 2.45) is 0 Å². The molecule has 132 valence electrons. The van der Waals surface area contributed by atoms with Gasteiger partial charge in [0.2, 0.25) is 6.79 Å². The molecule has 0 saturated heterocycles. The second kappa shape index (κ2) is 6.30. The molecule has 2 heterocycles. The van der Waals surface area contributed by atoms with Crippen molar-refractivity contribution in [3.63, 3.8) is 0 Å². The summed E-state index contributed by atoms with van der Waals surface area (Å²) in [5.74, 6) is 1.13. The summed E-state index contributed by atoms with van der Waals surface area (Å²) in [6.45, 7) is 2.08. The maximum atomic E-state index is 12.6. The molecule has 0 fully saturated rings. The van der Waals surface area contributed by atoms with Crippen LogP contribution in [-0.2, 0) is 0 Å². The Labute approximate surface area is 152 Å². The Hall–Kier alpha value is -3.13. The molecule has 7 nitrogen and oxygen atoms in total. The maximum absolute atomic E-state index is 12.6. The molecule has 26 heavy (non-hydrogen) atoms. The molecule has 1 aliphatic heterocycles. The van der Waals surface area contributed by atoms with Gasteiger partial charge in [0.1, 0.15) is 0 Å². The Morgan fingerprint density at radius 3 is 2.81 bits per heavy atom. The summed E-state index contributed by atoms with van der Waals surface area (Å²) in [6.07, 6.45) is 0. The number of ether oxygens (including phenoxy) is 2.